The monoisotopic (exact) mass is 457 g/mol. The Morgan fingerprint density at radius 1 is 1.00 bits per heavy atom. The van der Waals surface area contributed by atoms with Gasteiger partial charge in [-0.3, -0.25) is 14.9 Å². The van der Waals surface area contributed by atoms with E-state index in [1.807, 2.05) is 0 Å². The molecule has 0 bridgehead atoms. The van der Waals surface area contributed by atoms with Crippen LogP contribution in [0.5, 0.6) is 5.75 Å². The normalized spacial score (nSPS) is 10.6. The van der Waals surface area contributed by atoms with Gasteiger partial charge in [0.15, 0.2) is 0 Å². The Morgan fingerprint density at radius 2 is 1.71 bits per heavy atom. The molecule has 10 heteroatoms. The number of nitro benzene ring substituents is 1. The predicted molar refractivity (Wildman–Crippen MR) is 116 cm³/mol. The maximum atomic E-state index is 12.2. The first kappa shape index (κ1) is 21.9. The van der Waals surface area contributed by atoms with E-state index in [-0.39, 0.29) is 27.6 Å². The summed E-state index contributed by atoms with van der Waals surface area (Å²) in [6.45, 7) is 0. The Kier molecular flexibility index (Phi) is 6.96. The van der Waals surface area contributed by atoms with Crippen LogP contribution in [0.4, 0.5) is 5.69 Å². The van der Waals surface area contributed by atoms with Crippen molar-refractivity contribution in [1.82, 2.24) is 5.43 Å². The Balaban J connectivity index is 1.62. The van der Waals surface area contributed by atoms with Gasteiger partial charge in [0.2, 0.25) is 0 Å². The van der Waals surface area contributed by atoms with Crippen molar-refractivity contribution >= 4 is 47.0 Å². The molecule has 0 fully saturated rings. The number of rotatable bonds is 6. The highest BCUT2D eigenvalue weighted by molar-refractivity contribution is 6.36. The molecule has 3 aromatic carbocycles. The molecule has 0 saturated carbocycles. The van der Waals surface area contributed by atoms with Gasteiger partial charge >= 0.3 is 5.97 Å². The lowest BCUT2D eigenvalue weighted by Gasteiger charge is -2.05. The van der Waals surface area contributed by atoms with Crippen LogP contribution in [0.2, 0.25) is 10.0 Å². The predicted octanol–water partition coefficient (Wildman–Crippen LogP) is 4.88. The fourth-order valence-corrected chi connectivity index (χ4v) is 2.98. The lowest BCUT2D eigenvalue weighted by Crippen LogP contribution is -2.18. The number of ether oxygens (including phenoxy) is 1. The third kappa shape index (κ3) is 5.65. The maximum Gasteiger partial charge on any atom is 0.350 e. The molecule has 1 N–H and O–H groups in total. The van der Waals surface area contributed by atoms with E-state index in [0.29, 0.717) is 10.6 Å². The quantitative estimate of drug-likeness (QED) is 0.186. The molecular formula is C21H13Cl2N3O5. The highest BCUT2D eigenvalue weighted by atomic mass is 35.5. The van der Waals surface area contributed by atoms with E-state index in [4.69, 9.17) is 27.9 Å². The number of benzene rings is 3. The molecule has 1 amide bonds. The fraction of sp³-hybridized carbons (Fsp3) is 0. The summed E-state index contributed by atoms with van der Waals surface area (Å²) in [5, 5.41) is 15.5. The molecule has 3 rings (SSSR count). The van der Waals surface area contributed by atoms with Crippen molar-refractivity contribution in [1.29, 1.82) is 0 Å². The van der Waals surface area contributed by atoms with Gasteiger partial charge in [0.25, 0.3) is 11.6 Å². The molecule has 0 saturated heterocycles. The van der Waals surface area contributed by atoms with Gasteiger partial charge in [-0.1, -0.05) is 35.3 Å². The van der Waals surface area contributed by atoms with Crippen LogP contribution in [-0.2, 0) is 0 Å². The molecule has 8 nitrogen and oxygen atoms in total. The minimum atomic E-state index is -0.846. The van der Waals surface area contributed by atoms with E-state index in [0.717, 1.165) is 0 Å². The van der Waals surface area contributed by atoms with Crippen LogP contribution in [0.3, 0.4) is 0 Å². The number of esters is 1. The van der Waals surface area contributed by atoms with Crippen LogP contribution in [0.25, 0.3) is 0 Å². The van der Waals surface area contributed by atoms with E-state index in [2.05, 4.69) is 10.5 Å². The Labute approximate surface area is 186 Å². The van der Waals surface area contributed by atoms with Gasteiger partial charge in [0.05, 0.1) is 21.7 Å². The highest BCUT2D eigenvalue weighted by Gasteiger charge is 2.21. The zero-order valence-corrected chi connectivity index (χ0v) is 17.1. The van der Waals surface area contributed by atoms with Gasteiger partial charge in [0.1, 0.15) is 11.3 Å². The van der Waals surface area contributed by atoms with Gasteiger partial charge < -0.3 is 4.74 Å². The van der Waals surface area contributed by atoms with Crippen molar-refractivity contribution in [3.63, 3.8) is 0 Å². The zero-order chi connectivity index (χ0) is 22.4. The summed E-state index contributed by atoms with van der Waals surface area (Å²) in [5.74, 6) is -1.16. The maximum absolute atomic E-state index is 12.2. The Bertz CT molecular complexity index is 1180. The van der Waals surface area contributed by atoms with E-state index in [9.17, 15) is 19.7 Å². The second-order valence-electron chi connectivity index (χ2n) is 6.06. The average molecular weight is 458 g/mol. The molecule has 0 aliphatic heterocycles. The van der Waals surface area contributed by atoms with Crippen molar-refractivity contribution in [2.24, 2.45) is 5.10 Å². The largest absolute Gasteiger partial charge is 0.423 e. The van der Waals surface area contributed by atoms with Crippen molar-refractivity contribution in [2.75, 3.05) is 0 Å². The van der Waals surface area contributed by atoms with E-state index < -0.39 is 16.8 Å². The van der Waals surface area contributed by atoms with Crippen molar-refractivity contribution in [3.8, 4) is 5.75 Å². The van der Waals surface area contributed by atoms with Crippen LogP contribution < -0.4 is 10.2 Å². The van der Waals surface area contributed by atoms with Gasteiger partial charge in [0, 0.05) is 11.1 Å². The lowest BCUT2D eigenvalue weighted by atomic mass is 10.2. The molecule has 0 unspecified atom stereocenters. The van der Waals surface area contributed by atoms with Gasteiger partial charge in [-0.2, -0.15) is 5.10 Å². The highest BCUT2D eigenvalue weighted by Crippen LogP contribution is 2.22. The zero-order valence-electron chi connectivity index (χ0n) is 15.6. The smallest absolute Gasteiger partial charge is 0.350 e. The summed E-state index contributed by atoms with van der Waals surface area (Å²) in [7, 11) is 0. The molecular weight excluding hydrogens is 445 g/mol. The molecule has 0 aliphatic carbocycles. The number of hydrogen-bond donors (Lipinski definition) is 1. The fourth-order valence-electron chi connectivity index (χ4n) is 2.49. The first-order valence-electron chi connectivity index (χ1n) is 8.69. The van der Waals surface area contributed by atoms with E-state index in [1.165, 1.54) is 60.8 Å². The van der Waals surface area contributed by atoms with Crippen LogP contribution in [0.15, 0.2) is 71.8 Å². The first-order valence-corrected chi connectivity index (χ1v) is 9.45. The van der Waals surface area contributed by atoms with Crippen LogP contribution in [-0.4, -0.2) is 23.0 Å². The third-order valence-electron chi connectivity index (χ3n) is 3.97. The number of carbonyl (C=O) groups excluding carboxylic acids is 2. The SMILES string of the molecule is O=C(N/N=C\c1ccc(OC(=O)c2ccccc2[N+](=O)[O-])cc1)c1ccc(Cl)cc1Cl. The molecule has 0 aliphatic rings. The second kappa shape index (κ2) is 9.84. The van der Waals surface area contributed by atoms with Crippen molar-refractivity contribution < 1.29 is 19.2 Å². The van der Waals surface area contributed by atoms with Gasteiger partial charge in [-0.15, -0.1) is 0 Å². The second-order valence-corrected chi connectivity index (χ2v) is 6.90. The number of halogens is 2. The topological polar surface area (TPSA) is 111 Å². The number of hydrazone groups is 1. The molecule has 0 spiro atoms. The Morgan fingerprint density at radius 3 is 2.39 bits per heavy atom. The first-order chi connectivity index (χ1) is 14.8. The molecule has 3 aromatic rings. The molecule has 31 heavy (non-hydrogen) atoms. The summed E-state index contributed by atoms with van der Waals surface area (Å²) in [6.07, 6.45) is 1.38. The number of nitro groups is 1. The number of para-hydroxylation sites is 1. The van der Waals surface area contributed by atoms with Crippen molar-refractivity contribution in [3.05, 3.63) is 104 Å². The summed E-state index contributed by atoms with van der Waals surface area (Å²) in [5.41, 5.74) is 2.68. The third-order valence-corrected chi connectivity index (χ3v) is 4.51. The van der Waals surface area contributed by atoms with Crippen molar-refractivity contribution in [2.45, 2.75) is 0 Å². The molecule has 0 radical (unpaired) electrons. The minimum Gasteiger partial charge on any atom is -0.423 e. The summed E-state index contributed by atoms with van der Waals surface area (Å²) in [4.78, 5) is 34.7. The van der Waals surface area contributed by atoms with E-state index in [1.54, 1.807) is 12.1 Å². The minimum absolute atomic E-state index is 0.151. The standard InChI is InChI=1S/C21H13Cl2N3O5/c22-14-7-10-16(18(23)11-14)20(27)25-24-12-13-5-8-15(9-6-13)31-21(28)17-3-1-2-4-19(17)26(29)30/h1-12H,(H,25,27)/b24-12-. The van der Waals surface area contributed by atoms with Crippen LogP contribution in [0.1, 0.15) is 26.3 Å². The molecule has 0 heterocycles. The summed E-state index contributed by atoms with van der Waals surface area (Å²) < 4.78 is 5.19. The number of amides is 1. The lowest BCUT2D eigenvalue weighted by molar-refractivity contribution is -0.385. The van der Waals surface area contributed by atoms with Gasteiger partial charge in [-0.25, -0.2) is 10.2 Å². The Hall–Kier alpha value is -3.75. The number of hydrogen-bond acceptors (Lipinski definition) is 6. The molecule has 156 valence electrons. The molecule has 0 atom stereocenters. The van der Waals surface area contributed by atoms with Crippen LogP contribution >= 0.6 is 23.2 Å². The average Bonchev–Trinajstić information content (AvgIpc) is 2.74. The van der Waals surface area contributed by atoms with Gasteiger partial charge in [-0.05, 0) is 54.1 Å². The summed E-state index contributed by atoms with van der Waals surface area (Å²) in [6, 6.07) is 16.1. The summed E-state index contributed by atoms with van der Waals surface area (Å²) >= 11 is 11.8. The number of carbonyl (C=O) groups is 2. The number of nitrogens with zero attached hydrogens (tertiary/aromatic N) is 2. The van der Waals surface area contributed by atoms with E-state index >= 15 is 0 Å². The van der Waals surface area contributed by atoms with Crippen LogP contribution in [0, 0.1) is 10.1 Å². The molecule has 0 aromatic heterocycles. The number of nitrogens with one attached hydrogen (secondary N) is 1.